The molecule has 1 aromatic carbocycles. The van der Waals surface area contributed by atoms with Crippen LogP contribution in [0.25, 0.3) is 0 Å². The van der Waals surface area contributed by atoms with Crippen molar-refractivity contribution in [2.45, 2.75) is 40.7 Å². The topological polar surface area (TPSA) is 72.0 Å². The Labute approximate surface area is 216 Å². The Kier molecular flexibility index (Phi) is 10.1. The summed E-state index contributed by atoms with van der Waals surface area (Å²) in [5.41, 5.74) is 2.26. The molecule has 2 amide bonds. The van der Waals surface area contributed by atoms with Crippen molar-refractivity contribution in [3.05, 3.63) is 53.7 Å². The molecule has 1 aliphatic rings. The first kappa shape index (κ1) is 27.5. The molecule has 0 spiro atoms. The molecular weight excluding hydrogens is 452 g/mol. The lowest BCUT2D eigenvalue weighted by atomic mass is 10.1. The minimum Gasteiger partial charge on any atom is -0.380 e. The van der Waals surface area contributed by atoms with Crippen LogP contribution in [-0.2, 0) is 0 Å². The molecule has 0 saturated carbocycles. The highest BCUT2D eigenvalue weighted by molar-refractivity contribution is 5.98. The smallest absolute Gasteiger partial charge is 0.253 e. The van der Waals surface area contributed by atoms with Gasteiger partial charge in [-0.1, -0.05) is 13.8 Å². The molecule has 36 heavy (non-hydrogen) atoms. The fourth-order valence-electron chi connectivity index (χ4n) is 4.52. The van der Waals surface area contributed by atoms with Gasteiger partial charge >= 0.3 is 0 Å². The van der Waals surface area contributed by atoms with Crippen LogP contribution in [0.3, 0.4) is 0 Å². The second kappa shape index (κ2) is 13.3. The maximum absolute atomic E-state index is 13.1. The Morgan fingerprint density at radius 1 is 0.917 bits per heavy atom. The van der Waals surface area contributed by atoms with E-state index in [4.69, 9.17) is 0 Å². The predicted molar refractivity (Wildman–Crippen MR) is 147 cm³/mol. The van der Waals surface area contributed by atoms with Crippen molar-refractivity contribution in [1.82, 2.24) is 19.7 Å². The van der Waals surface area contributed by atoms with E-state index in [1.54, 1.807) is 24.3 Å². The Balaban J connectivity index is 1.58. The molecule has 0 radical (unpaired) electrons. The van der Waals surface area contributed by atoms with E-state index in [-0.39, 0.29) is 11.8 Å². The van der Waals surface area contributed by atoms with Crippen molar-refractivity contribution < 1.29 is 9.59 Å². The average Bonchev–Trinajstić information content (AvgIpc) is 2.91. The number of likely N-dealkylation sites (N-methyl/N-ethyl adjacent to an activating group) is 2. The molecule has 1 fully saturated rings. The predicted octanol–water partition coefficient (Wildman–Crippen LogP) is 3.67. The van der Waals surface area contributed by atoms with E-state index in [1.807, 2.05) is 35.1 Å². The maximum Gasteiger partial charge on any atom is 0.253 e. The van der Waals surface area contributed by atoms with Crippen molar-refractivity contribution >= 4 is 23.3 Å². The van der Waals surface area contributed by atoms with Crippen LogP contribution in [0, 0.1) is 0 Å². The van der Waals surface area contributed by atoms with Crippen LogP contribution >= 0.6 is 0 Å². The third-order valence-corrected chi connectivity index (χ3v) is 6.73. The molecule has 1 aliphatic heterocycles. The van der Waals surface area contributed by atoms with E-state index in [1.165, 1.54) is 0 Å². The molecule has 1 aromatic heterocycles. The number of nitrogens with one attached hydrogen (secondary N) is 1. The lowest BCUT2D eigenvalue weighted by Crippen LogP contribution is -2.49. The van der Waals surface area contributed by atoms with Gasteiger partial charge in [-0.3, -0.25) is 9.59 Å². The fraction of sp³-hybridized carbons (Fsp3) is 0.536. The summed E-state index contributed by atoms with van der Waals surface area (Å²) in [5.74, 6) is 0.949. The van der Waals surface area contributed by atoms with E-state index in [2.05, 4.69) is 47.8 Å². The number of aromatic nitrogens is 1. The Hall–Kier alpha value is -3.13. The molecule has 3 rings (SSSR count). The fourth-order valence-corrected chi connectivity index (χ4v) is 4.52. The molecule has 8 heteroatoms. The van der Waals surface area contributed by atoms with Crippen LogP contribution in [0.4, 0.5) is 11.5 Å². The largest absolute Gasteiger partial charge is 0.380 e. The van der Waals surface area contributed by atoms with Crippen molar-refractivity contribution in [2.24, 2.45) is 0 Å². The zero-order valence-corrected chi connectivity index (χ0v) is 22.5. The summed E-state index contributed by atoms with van der Waals surface area (Å²) >= 11 is 0. The Morgan fingerprint density at radius 2 is 1.56 bits per heavy atom. The van der Waals surface area contributed by atoms with Gasteiger partial charge in [-0.15, -0.1) is 0 Å². The van der Waals surface area contributed by atoms with Crippen molar-refractivity contribution in [1.29, 1.82) is 0 Å². The number of pyridine rings is 1. The molecule has 0 atom stereocenters. The number of carbonyl (C=O) groups is 2. The number of carbonyl (C=O) groups excluding carboxylic acids is 2. The van der Waals surface area contributed by atoms with Gasteiger partial charge in [-0.05, 0) is 70.3 Å². The lowest BCUT2D eigenvalue weighted by molar-refractivity contribution is 0.0734. The van der Waals surface area contributed by atoms with Crippen LogP contribution in [0.1, 0.15) is 55.3 Å². The second-order valence-electron chi connectivity index (χ2n) is 9.44. The lowest BCUT2D eigenvalue weighted by Gasteiger charge is -2.36. The summed E-state index contributed by atoms with van der Waals surface area (Å²) < 4.78 is 0. The molecule has 0 aliphatic carbocycles. The number of benzene rings is 1. The normalized spacial score (nSPS) is 13.9. The number of amides is 2. The highest BCUT2D eigenvalue weighted by Crippen LogP contribution is 2.25. The zero-order chi connectivity index (χ0) is 26.1. The number of piperazine rings is 1. The van der Waals surface area contributed by atoms with Gasteiger partial charge in [-0.25, -0.2) is 4.98 Å². The molecule has 2 aromatic rings. The van der Waals surface area contributed by atoms with Gasteiger partial charge in [-0.2, -0.15) is 0 Å². The van der Waals surface area contributed by atoms with Crippen molar-refractivity contribution in [3.63, 3.8) is 0 Å². The number of rotatable bonds is 11. The summed E-state index contributed by atoms with van der Waals surface area (Å²) in [5, 5.41) is 3.46. The monoisotopic (exact) mass is 494 g/mol. The minimum absolute atomic E-state index is 0.00378. The number of hydrogen-bond donors (Lipinski definition) is 1. The van der Waals surface area contributed by atoms with Gasteiger partial charge < -0.3 is 24.9 Å². The van der Waals surface area contributed by atoms with E-state index in [0.29, 0.717) is 43.3 Å². The third-order valence-electron chi connectivity index (χ3n) is 6.73. The highest BCUT2D eigenvalue weighted by atomic mass is 16.2. The highest BCUT2D eigenvalue weighted by Gasteiger charge is 2.25. The van der Waals surface area contributed by atoms with Crippen molar-refractivity contribution in [3.8, 4) is 0 Å². The van der Waals surface area contributed by atoms with Gasteiger partial charge in [0, 0.05) is 69.2 Å². The first-order valence-corrected chi connectivity index (χ1v) is 13.2. The van der Waals surface area contributed by atoms with Gasteiger partial charge in [0.2, 0.25) is 0 Å². The number of anilines is 2. The summed E-state index contributed by atoms with van der Waals surface area (Å²) in [7, 11) is 0. The quantitative estimate of drug-likeness (QED) is 0.514. The zero-order valence-electron chi connectivity index (χ0n) is 22.5. The van der Waals surface area contributed by atoms with E-state index in [9.17, 15) is 9.59 Å². The minimum atomic E-state index is 0.00378. The van der Waals surface area contributed by atoms with Gasteiger partial charge in [0.05, 0.1) is 5.69 Å². The van der Waals surface area contributed by atoms with Gasteiger partial charge in [0.1, 0.15) is 0 Å². The molecule has 196 valence electrons. The summed E-state index contributed by atoms with van der Waals surface area (Å²) in [4.78, 5) is 39.0. The standard InChI is InChI=1S/C28H42N6O2/c1-6-31(7-2)16-17-32(8-3)27(35)23-11-13-24(14-12-23)28(36)34-20-18-33(19-21-34)26-25(30-22(4)5)10-9-15-29-26/h9-15,22,30H,6-8,16-21H2,1-5H3. The summed E-state index contributed by atoms with van der Waals surface area (Å²) in [6.45, 7) is 17.4. The maximum atomic E-state index is 13.1. The Morgan fingerprint density at radius 3 is 2.14 bits per heavy atom. The first-order valence-electron chi connectivity index (χ1n) is 13.2. The van der Waals surface area contributed by atoms with Crippen LogP contribution < -0.4 is 10.2 Å². The van der Waals surface area contributed by atoms with Crippen LogP contribution in [-0.4, -0.2) is 96.4 Å². The van der Waals surface area contributed by atoms with Gasteiger partial charge in [0.15, 0.2) is 5.82 Å². The number of nitrogens with zero attached hydrogens (tertiary/aromatic N) is 5. The molecule has 0 bridgehead atoms. The van der Waals surface area contributed by atoms with E-state index >= 15 is 0 Å². The molecule has 0 unspecified atom stereocenters. The third kappa shape index (κ3) is 6.97. The van der Waals surface area contributed by atoms with Crippen LogP contribution in [0.15, 0.2) is 42.6 Å². The average molecular weight is 495 g/mol. The van der Waals surface area contributed by atoms with Crippen LogP contribution in [0.5, 0.6) is 0 Å². The van der Waals surface area contributed by atoms with Crippen molar-refractivity contribution in [2.75, 3.05) is 69.1 Å². The SMILES string of the molecule is CCN(CC)CCN(CC)C(=O)c1ccc(C(=O)N2CCN(c3ncccc3NC(C)C)CC2)cc1. The van der Waals surface area contributed by atoms with Crippen LogP contribution in [0.2, 0.25) is 0 Å². The molecule has 1 saturated heterocycles. The second-order valence-corrected chi connectivity index (χ2v) is 9.44. The van der Waals surface area contributed by atoms with Gasteiger partial charge in [0.25, 0.3) is 11.8 Å². The number of hydrogen-bond acceptors (Lipinski definition) is 6. The van der Waals surface area contributed by atoms with E-state index < -0.39 is 0 Å². The molecular formula is C28H42N6O2. The Bertz CT molecular complexity index is 982. The van der Waals surface area contributed by atoms with E-state index in [0.717, 1.165) is 44.2 Å². The summed E-state index contributed by atoms with van der Waals surface area (Å²) in [6, 6.07) is 11.4. The molecule has 8 nitrogen and oxygen atoms in total. The molecule has 1 N–H and O–H groups in total. The summed E-state index contributed by atoms with van der Waals surface area (Å²) in [6.07, 6.45) is 1.81. The first-order chi connectivity index (χ1) is 17.4. The molecule has 2 heterocycles.